The lowest BCUT2D eigenvalue weighted by Crippen LogP contribution is -2.54. The van der Waals surface area contributed by atoms with Crippen molar-refractivity contribution < 1.29 is 19.3 Å². The van der Waals surface area contributed by atoms with Crippen LogP contribution in [0.3, 0.4) is 0 Å². The van der Waals surface area contributed by atoms with E-state index in [2.05, 4.69) is 0 Å². The number of carboxylic acids is 1. The van der Waals surface area contributed by atoms with Gasteiger partial charge in [0.1, 0.15) is 5.70 Å². The monoisotopic (exact) mass is 213 g/mol. The lowest BCUT2D eigenvalue weighted by Gasteiger charge is -2.43. The van der Waals surface area contributed by atoms with Crippen molar-refractivity contribution in [2.45, 2.75) is 25.3 Å². The van der Waals surface area contributed by atoms with Crippen LogP contribution >= 0.6 is 8.46 Å². The van der Waals surface area contributed by atoms with E-state index in [9.17, 15) is 14.2 Å². The van der Waals surface area contributed by atoms with Crippen LogP contribution in [0.2, 0.25) is 0 Å². The van der Waals surface area contributed by atoms with Crippen LogP contribution in [0.5, 0.6) is 0 Å². The molecular weight excluding hydrogens is 205 g/mol. The number of carboxylic acid groups (broad SMARTS) is 1. The number of rotatable bonds is 2. The van der Waals surface area contributed by atoms with Gasteiger partial charge in [-0.2, -0.15) is 0 Å². The van der Waals surface area contributed by atoms with Gasteiger partial charge in [0.25, 0.3) is 0 Å². The molecule has 2 aliphatic rings. The summed E-state index contributed by atoms with van der Waals surface area (Å²) in [5, 5.41) is 9.21. The minimum atomic E-state index is -1.17. The Morgan fingerprint density at radius 1 is 1.57 bits per heavy atom. The molecule has 1 N–H and O–H groups in total. The first-order chi connectivity index (χ1) is 6.65. The van der Waals surface area contributed by atoms with Crippen LogP contribution in [-0.2, 0) is 14.2 Å². The Bertz CT molecular complexity index is 362. The molecule has 2 rings (SSSR count). The predicted molar refractivity (Wildman–Crippen MR) is 46.8 cm³/mol. The van der Waals surface area contributed by atoms with Gasteiger partial charge in [-0.15, -0.1) is 0 Å². The van der Waals surface area contributed by atoms with Crippen molar-refractivity contribution >= 4 is 20.3 Å². The average molecular weight is 213 g/mol. The molecule has 2 aliphatic heterocycles. The molecule has 14 heavy (non-hydrogen) atoms. The maximum atomic E-state index is 11.2. The smallest absolute Gasteiger partial charge is 0.353 e. The van der Waals surface area contributed by atoms with Gasteiger partial charge >= 0.3 is 5.97 Å². The second-order valence-electron chi connectivity index (χ2n) is 3.35. The molecule has 0 bridgehead atoms. The molecule has 0 radical (unpaired) electrons. The van der Waals surface area contributed by atoms with E-state index in [1.54, 1.807) is 0 Å². The molecule has 0 saturated carbocycles. The molecule has 1 unspecified atom stereocenters. The van der Waals surface area contributed by atoms with E-state index in [4.69, 9.17) is 5.11 Å². The van der Waals surface area contributed by atoms with Crippen LogP contribution < -0.4 is 0 Å². The fourth-order valence-electron chi connectivity index (χ4n) is 1.90. The largest absolute Gasteiger partial charge is 0.477 e. The summed E-state index contributed by atoms with van der Waals surface area (Å²) in [7, 11) is -0.293. The maximum Gasteiger partial charge on any atom is 0.353 e. The summed E-state index contributed by atoms with van der Waals surface area (Å²) in [5.41, 5.74) is -0.0748. The normalized spacial score (nSPS) is 26.1. The Morgan fingerprint density at radius 2 is 2.29 bits per heavy atom. The number of hydrogen-bond acceptors (Lipinski definition) is 3. The summed E-state index contributed by atoms with van der Waals surface area (Å²) in [6.07, 6.45) is 1.63. The number of aliphatic carboxylic acids is 1. The van der Waals surface area contributed by atoms with Gasteiger partial charge in [0.15, 0.2) is 8.46 Å². The quantitative estimate of drug-likeness (QED) is 0.547. The number of amides is 1. The molecule has 1 fully saturated rings. The van der Waals surface area contributed by atoms with Gasteiger partial charge in [-0.3, -0.25) is 9.36 Å². The van der Waals surface area contributed by atoms with Crippen molar-refractivity contribution in [3.63, 3.8) is 0 Å². The zero-order chi connectivity index (χ0) is 10.3. The molecular formula is C8H8NO4P. The highest BCUT2D eigenvalue weighted by Gasteiger charge is 2.44. The zero-order valence-corrected chi connectivity index (χ0v) is 8.16. The predicted octanol–water partition coefficient (Wildman–Crippen LogP) is 0.969. The van der Waals surface area contributed by atoms with Crippen molar-refractivity contribution in [1.82, 2.24) is 4.90 Å². The summed E-state index contributed by atoms with van der Waals surface area (Å²) in [6, 6.07) is 0.0131. The zero-order valence-electron chi connectivity index (χ0n) is 7.27. The van der Waals surface area contributed by atoms with Crippen LogP contribution in [0.1, 0.15) is 19.3 Å². The van der Waals surface area contributed by atoms with E-state index in [0.29, 0.717) is 24.6 Å². The molecule has 74 valence electrons. The molecule has 1 saturated heterocycles. The molecule has 1 atom stereocenters. The number of β-lactam (4-membered cyclic amide) rings is 1. The van der Waals surface area contributed by atoms with E-state index in [1.807, 2.05) is 0 Å². The Hall–Kier alpha value is -1.22. The van der Waals surface area contributed by atoms with Gasteiger partial charge in [-0.1, -0.05) is 0 Å². The van der Waals surface area contributed by atoms with E-state index in [1.165, 1.54) is 4.90 Å². The molecule has 1 amide bonds. The molecule has 2 heterocycles. The highest BCUT2D eigenvalue weighted by Crippen LogP contribution is 2.39. The first-order valence-electron chi connectivity index (χ1n) is 4.27. The SMILES string of the molecule is O=PC1=C(C(=O)O)N2C(=O)CC2CC1. The Morgan fingerprint density at radius 3 is 2.79 bits per heavy atom. The Kier molecular flexibility index (Phi) is 2.11. The van der Waals surface area contributed by atoms with Crippen LogP contribution in [0.4, 0.5) is 0 Å². The summed E-state index contributed by atoms with van der Waals surface area (Å²) in [6.45, 7) is 0. The summed E-state index contributed by atoms with van der Waals surface area (Å²) in [4.78, 5) is 23.3. The summed E-state index contributed by atoms with van der Waals surface area (Å²) in [5.74, 6) is -1.35. The van der Waals surface area contributed by atoms with Gasteiger partial charge in [-0.25, -0.2) is 4.79 Å². The molecule has 0 aliphatic carbocycles. The molecule has 0 aromatic rings. The second kappa shape index (κ2) is 3.17. The van der Waals surface area contributed by atoms with E-state index >= 15 is 0 Å². The molecule has 0 spiro atoms. The number of hydrogen-bond donors (Lipinski definition) is 1. The van der Waals surface area contributed by atoms with E-state index in [0.717, 1.165) is 0 Å². The topological polar surface area (TPSA) is 74.7 Å². The lowest BCUT2D eigenvalue weighted by atomic mass is 9.91. The third-order valence-corrected chi connectivity index (χ3v) is 3.24. The summed E-state index contributed by atoms with van der Waals surface area (Å²) >= 11 is 0. The second-order valence-corrected chi connectivity index (χ2v) is 4.07. The molecule has 5 nitrogen and oxygen atoms in total. The number of nitrogens with zero attached hydrogens (tertiary/aromatic N) is 1. The van der Waals surface area contributed by atoms with Crippen molar-refractivity contribution in [1.29, 1.82) is 0 Å². The van der Waals surface area contributed by atoms with Gasteiger partial charge in [-0.05, 0) is 12.8 Å². The minimum absolute atomic E-state index is 0.0131. The average Bonchev–Trinajstić information content (AvgIpc) is 2.15. The fourth-order valence-corrected chi connectivity index (χ4v) is 2.41. The number of allylic oxidation sites excluding steroid dienone is 1. The molecule has 6 heteroatoms. The molecule has 0 aromatic heterocycles. The highest BCUT2D eigenvalue weighted by molar-refractivity contribution is 7.29. The number of carbonyl (C=O) groups excluding carboxylic acids is 1. The van der Waals surface area contributed by atoms with Crippen molar-refractivity contribution in [2.24, 2.45) is 0 Å². The standard InChI is InChI=1S/C8H8NO4P/c10-6-3-4-1-2-5(14-13)7(8(11)12)9(4)6/h4H,1-3H2,(H,11,12). The maximum absolute atomic E-state index is 11.2. The number of carbonyl (C=O) groups is 2. The van der Waals surface area contributed by atoms with Crippen LogP contribution in [0.15, 0.2) is 11.0 Å². The van der Waals surface area contributed by atoms with E-state index < -0.39 is 5.97 Å². The third kappa shape index (κ3) is 1.16. The van der Waals surface area contributed by atoms with Gasteiger partial charge in [0.05, 0.1) is 5.31 Å². The van der Waals surface area contributed by atoms with Gasteiger partial charge < -0.3 is 10.0 Å². The van der Waals surface area contributed by atoms with Crippen molar-refractivity contribution in [2.75, 3.05) is 0 Å². The first kappa shape index (κ1) is 9.34. The van der Waals surface area contributed by atoms with E-state index in [-0.39, 0.29) is 26.1 Å². The highest BCUT2D eigenvalue weighted by atomic mass is 31.1. The number of fused-ring (bicyclic) bond motifs is 1. The van der Waals surface area contributed by atoms with Crippen molar-refractivity contribution in [3.8, 4) is 0 Å². The van der Waals surface area contributed by atoms with Crippen molar-refractivity contribution in [3.05, 3.63) is 11.0 Å². The van der Waals surface area contributed by atoms with Crippen LogP contribution in [0.25, 0.3) is 0 Å². The lowest BCUT2D eigenvalue weighted by molar-refractivity contribution is -0.150. The fraction of sp³-hybridized carbons (Fsp3) is 0.500. The molecule has 0 aromatic carbocycles. The van der Waals surface area contributed by atoms with Gasteiger partial charge in [0, 0.05) is 12.5 Å². The first-order valence-corrected chi connectivity index (χ1v) is 5.08. The Labute approximate surface area is 81.6 Å². The minimum Gasteiger partial charge on any atom is -0.477 e. The Balaban J connectivity index is 2.42. The third-order valence-electron chi connectivity index (χ3n) is 2.59. The van der Waals surface area contributed by atoms with Crippen LogP contribution in [-0.4, -0.2) is 27.9 Å². The van der Waals surface area contributed by atoms with Gasteiger partial charge in [0.2, 0.25) is 5.91 Å². The van der Waals surface area contributed by atoms with Crippen LogP contribution in [0, 0.1) is 0 Å². The summed E-state index contributed by atoms with van der Waals surface area (Å²) < 4.78 is 10.7.